The molecule has 0 bridgehead atoms. The van der Waals surface area contributed by atoms with Gasteiger partial charge in [0.05, 0.1) is 17.2 Å². The lowest BCUT2D eigenvalue weighted by Crippen LogP contribution is -2.31. The Morgan fingerprint density at radius 3 is 2.83 bits per heavy atom. The molecule has 1 fully saturated rings. The van der Waals surface area contributed by atoms with E-state index in [1.54, 1.807) is 0 Å². The summed E-state index contributed by atoms with van der Waals surface area (Å²) in [6.45, 7) is 0.961. The second-order valence-electron chi connectivity index (χ2n) is 4.56. The average molecular weight is 251 g/mol. The fraction of sp³-hybridized carbons (Fsp3) is 0.500. The van der Waals surface area contributed by atoms with Crippen LogP contribution in [-0.4, -0.2) is 18.2 Å². The number of H-pyrrole nitrogens is 1. The maximum absolute atomic E-state index is 13.7. The molecule has 2 heterocycles. The van der Waals surface area contributed by atoms with E-state index in [9.17, 15) is 14.4 Å². The number of nitrogen functional groups attached to an aromatic ring is 1. The van der Waals surface area contributed by atoms with Crippen LogP contribution in [0, 0.1) is 22.6 Å². The molecule has 0 atom stereocenters. The number of pyridine rings is 1. The molecule has 1 aliphatic rings. The van der Waals surface area contributed by atoms with E-state index in [0.29, 0.717) is 26.1 Å². The van der Waals surface area contributed by atoms with Gasteiger partial charge in [0.2, 0.25) is 0 Å². The van der Waals surface area contributed by atoms with Crippen molar-refractivity contribution in [2.24, 2.45) is 5.41 Å². The minimum Gasteiger partial charge on any atom is -0.394 e. The molecule has 3 N–H and O–H groups in total. The third-order valence-electron chi connectivity index (χ3n) is 3.30. The summed E-state index contributed by atoms with van der Waals surface area (Å²) >= 11 is 0. The Morgan fingerprint density at radius 2 is 2.22 bits per heavy atom. The van der Waals surface area contributed by atoms with Crippen LogP contribution < -0.4 is 11.3 Å². The third-order valence-corrected chi connectivity index (χ3v) is 3.30. The van der Waals surface area contributed by atoms with E-state index in [1.165, 1.54) is 0 Å². The van der Waals surface area contributed by atoms with Gasteiger partial charge in [0.15, 0.2) is 0 Å². The van der Waals surface area contributed by atoms with Crippen molar-refractivity contribution in [1.29, 1.82) is 5.26 Å². The highest BCUT2D eigenvalue weighted by Gasteiger charge is 2.34. The maximum atomic E-state index is 13.7. The largest absolute Gasteiger partial charge is 0.394 e. The number of ether oxygens (including phenoxy) is 1. The molecule has 6 heteroatoms. The molecule has 1 aromatic rings. The van der Waals surface area contributed by atoms with Crippen LogP contribution in [0.4, 0.5) is 10.1 Å². The van der Waals surface area contributed by atoms with Crippen molar-refractivity contribution in [3.8, 4) is 6.07 Å². The fourth-order valence-electron chi connectivity index (χ4n) is 2.12. The zero-order valence-electron chi connectivity index (χ0n) is 9.83. The SMILES string of the molecule is N#CC1(Cc2[nH]c(=O)c(N)cc2F)CCOCC1. The molecule has 0 amide bonds. The highest BCUT2D eigenvalue weighted by molar-refractivity contribution is 5.36. The van der Waals surface area contributed by atoms with E-state index in [1.807, 2.05) is 0 Å². The molecule has 2 rings (SSSR count). The van der Waals surface area contributed by atoms with Crippen LogP contribution in [0.2, 0.25) is 0 Å². The zero-order valence-corrected chi connectivity index (χ0v) is 9.83. The molecule has 0 aromatic carbocycles. The highest BCUT2D eigenvalue weighted by Crippen LogP contribution is 2.33. The summed E-state index contributed by atoms with van der Waals surface area (Å²) in [4.78, 5) is 13.8. The first kappa shape index (κ1) is 12.6. The number of hydrogen-bond acceptors (Lipinski definition) is 4. The molecule has 1 aromatic heterocycles. The first-order chi connectivity index (χ1) is 8.56. The van der Waals surface area contributed by atoms with Gasteiger partial charge in [-0.15, -0.1) is 0 Å². The van der Waals surface area contributed by atoms with Crippen LogP contribution >= 0.6 is 0 Å². The van der Waals surface area contributed by atoms with Gasteiger partial charge in [-0.25, -0.2) is 4.39 Å². The van der Waals surface area contributed by atoms with Gasteiger partial charge in [-0.1, -0.05) is 0 Å². The molecular weight excluding hydrogens is 237 g/mol. The molecule has 18 heavy (non-hydrogen) atoms. The Labute approximate surface area is 103 Å². The van der Waals surface area contributed by atoms with E-state index >= 15 is 0 Å². The monoisotopic (exact) mass is 251 g/mol. The maximum Gasteiger partial charge on any atom is 0.271 e. The lowest BCUT2D eigenvalue weighted by molar-refractivity contribution is 0.0399. The molecule has 0 aliphatic carbocycles. The van der Waals surface area contributed by atoms with Gasteiger partial charge in [0, 0.05) is 25.7 Å². The number of nitrogens with one attached hydrogen (secondary N) is 1. The van der Waals surface area contributed by atoms with Crippen molar-refractivity contribution in [3.63, 3.8) is 0 Å². The van der Waals surface area contributed by atoms with Crippen LogP contribution in [0.1, 0.15) is 18.5 Å². The Hall–Kier alpha value is -1.87. The molecule has 0 radical (unpaired) electrons. The van der Waals surface area contributed by atoms with Gasteiger partial charge in [0.25, 0.3) is 5.56 Å². The van der Waals surface area contributed by atoms with Gasteiger partial charge in [0.1, 0.15) is 11.5 Å². The van der Waals surface area contributed by atoms with Crippen LogP contribution in [0.5, 0.6) is 0 Å². The van der Waals surface area contributed by atoms with Crippen molar-refractivity contribution >= 4 is 5.69 Å². The third kappa shape index (κ3) is 2.36. The number of nitrogens with two attached hydrogens (primary N) is 1. The van der Waals surface area contributed by atoms with Crippen molar-refractivity contribution in [1.82, 2.24) is 4.98 Å². The van der Waals surface area contributed by atoms with Crippen LogP contribution in [0.25, 0.3) is 0 Å². The van der Waals surface area contributed by atoms with E-state index in [-0.39, 0.29) is 17.8 Å². The molecule has 5 nitrogen and oxygen atoms in total. The summed E-state index contributed by atoms with van der Waals surface area (Å²) in [5.74, 6) is -0.576. The normalized spacial score (nSPS) is 18.2. The summed E-state index contributed by atoms with van der Waals surface area (Å²) in [6.07, 6.45) is 1.25. The van der Waals surface area contributed by atoms with Gasteiger partial charge in [-0.05, 0) is 12.8 Å². The standard InChI is InChI=1S/C12H14FN3O2/c13-8-5-9(15)11(17)16-10(8)6-12(7-14)1-3-18-4-2-12/h5H,1-4,6,15H2,(H,16,17). The smallest absolute Gasteiger partial charge is 0.271 e. The predicted octanol–water partition coefficient (Wildman–Crippen LogP) is 0.959. The number of nitrogens with zero attached hydrogens (tertiary/aromatic N) is 1. The van der Waals surface area contributed by atoms with Crippen molar-refractivity contribution in [2.75, 3.05) is 18.9 Å². The number of nitriles is 1. The van der Waals surface area contributed by atoms with Gasteiger partial charge >= 0.3 is 0 Å². The zero-order chi connectivity index (χ0) is 13.2. The quantitative estimate of drug-likeness (QED) is 0.818. The van der Waals surface area contributed by atoms with E-state index < -0.39 is 16.8 Å². The first-order valence-electron chi connectivity index (χ1n) is 5.72. The summed E-state index contributed by atoms with van der Waals surface area (Å²) in [6, 6.07) is 3.23. The molecule has 0 spiro atoms. The Kier molecular flexibility index (Phi) is 3.34. The predicted molar refractivity (Wildman–Crippen MR) is 63.2 cm³/mol. The molecule has 1 saturated heterocycles. The highest BCUT2D eigenvalue weighted by atomic mass is 19.1. The summed E-state index contributed by atoms with van der Waals surface area (Å²) in [5.41, 5.74) is 4.11. The lowest BCUT2D eigenvalue weighted by Gasteiger charge is -2.30. The Balaban J connectivity index is 2.30. The fourth-order valence-corrected chi connectivity index (χ4v) is 2.12. The van der Waals surface area contributed by atoms with Gasteiger partial charge in [-0.3, -0.25) is 4.79 Å². The second kappa shape index (κ2) is 4.78. The molecule has 1 aliphatic heterocycles. The summed E-state index contributed by atoms with van der Waals surface area (Å²) < 4.78 is 18.9. The topological polar surface area (TPSA) is 91.9 Å². The summed E-state index contributed by atoms with van der Waals surface area (Å²) in [7, 11) is 0. The van der Waals surface area contributed by atoms with E-state index in [0.717, 1.165) is 6.07 Å². The molecule has 96 valence electrons. The number of hydrogen-bond donors (Lipinski definition) is 2. The number of aromatic amines is 1. The Bertz CT molecular complexity index is 541. The summed E-state index contributed by atoms with van der Waals surface area (Å²) in [5, 5.41) is 9.27. The van der Waals surface area contributed by atoms with Crippen molar-refractivity contribution in [2.45, 2.75) is 19.3 Å². The number of rotatable bonds is 2. The molecule has 0 saturated carbocycles. The number of anilines is 1. The minimum absolute atomic E-state index is 0.137. The first-order valence-corrected chi connectivity index (χ1v) is 5.72. The lowest BCUT2D eigenvalue weighted by atomic mass is 9.77. The van der Waals surface area contributed by atoms with Gasteiger partial charge < -0.3 is 15.5 Å². The minimum atomic E-state index is -0.669. The molecular formula is C12H14FN3O2. The van der Waals surface area contributed by atoms with Crippen LogP contribution in [0.3, 0.4) is 0 Å². The Morgan fingerprint density at radius 1 is 1.56 bits per heavy atom. The number of aromatic nitrogens is 1. The van der Waals surface area contributed by atoms with E-state index in [2.05, 4.69) is 11.1 Å². The average Bonchev–Trinajstić information content (AvgIpc) is 2.37. The van der Waals surface area contributed by atoms with Gasteiger partial charge in [-0.2, -0.15) is 5.26 Å². The van der Waals surface area contributed by atoms with Crippen LogP contribution in [0.15, 0.2) is 10.9 Å². The van der Waals surface area contributed by atoms with Crippen molar-refractivity contribution < 1.29 is 9.13 Å². The second-order valence-corrected chi connectivity index (χ2v) is 4.56. The van der Waals surface area contributed by atoms with Crippen LogP contribution in [-0.2, 0) is 11.2 Å². The van der Waals surface area contributed by atoms with E-state index in [4.69, 9.17) is 10.5 Å². The number of halogens is 1. The van der Waals surface area contributed by atoms with Crippen molar-refractivity contribution in [3.05, 3.63) is 27.9 Å². The molecule has 0 unspecified atom stereocenters.